The minimum atomic E-state index is -0.600. The van der Waals surface area contributed by atoms with E-state index in [1.165, 1.54) is 23.5 Å². The number of ketones is 1. The minimum Gasteiger partial charge on any atom is -0.292 e. The van der Waals surface area contributed by atoms with Gasteiger partial charge in [0.15, 0.2) is 10.8 Å². The number of carbonyl (C=O) groups is 1. The Morgan fingerprint density at radius 1 is 1.22 bits per heavy atom. The standard InChI is InChI=1S/C25H26FN7OS2/c1-16(2)33-29-12-23(30-33)36-31-8-7-18-9-22-17(11-28-32(22)20-5-3-19(26)4-6-20)10-25(18,14-31)24(34)21-13-35-15-27-21/h3-6,11-13,15-16,18H,7-10,14H2,1-2H3/t18?,25-/m0/s1. The number of halogens is 1. The first-order valence-electron chi connectivity index (χ1n) is 12.0. The summed E-state index contributed by atoms with van der Waals surface area (Å²) in [6.45, 7) is 5.55. The maximum Gasteiger partial charge on any atom is 0.190 e. The van der Waals surface area contributed by atoms with E-state index >= 15 is 0 Å². The Kier molecular flexibility index (Phi) is 6.01. The van der Waals surface area contributed by atoms with Gasteiger partial charge in [-0.3, -0.25) is 4.79 Å². The fourth-order valence-corrected chi connectivity index (χ4v) is 6.93. The van der Waals surface area contributed by atoms with Gasteiger partial charge in [-0.25, -0.2) is 18.4 Å². The maximum atomic E-state index is 14.0. The van der Waals surface area contributed by atoms with Crippen molar-refractivity contribution in [3.8, 4) is 5.69 Å². The molecule has 0 bridgehead atoms. The molecular formula is C25H26FN7OS2. The van der Waals surface area contributed by atoms with Crippen LogP contribution in [0.25, 0.3) is 5.69 Å². The van der Waals surface area contributed by atoms with Gasteiger partial charge in [-0.05, 0) is 80.8 Å². The number of aromatic nitrogens is 6. The topological polar surface area (TPSA) is 81.7 Å². The van der Waals surface area contributed by atoms with Crippen LogP contribution in [0, 0.1) is 17.2 Å². The molecule has 8 nitrogen and oxygen atoms in total. The van der Waals surface area contributed by atoms with Crippen molar-refractivity contribution in [2.24, 2.45) is 11.3 Å². The van der Waals surface area contributed by atoms with Crippen LogP contribution in [0.5, 0.6) is 0 Å². The predicted octanol–water partition coefficient (Wildman–Crippen LogP) is 4.64. The average molecular weight is 524 g/mol. The van der Waals surface area contributed by atoms with Crippen molar-refractivity contribution in [2.75, 3.05) is 13.1 Å². The number of thiazole rings is 1. The Balaban J connectivity index is 1.34. The fraction of sp³-hybridized carbons (Fsp3) is 0.400. The zero-order valence-corrected chi connectivity index (χ0v) is 21.7. The number of hydrogen-bond acceptors (Lipinski definition) is 8. The lowest BCUT2D eigenvalue weighted by atomic mass is 9.60. The van der Waals surface area contributed by atoms with Crippen LogP contribution in [-0.4, -0.2) is 52.9 Å². The molecule has 4 aromatic rings. The molecule has 1 aliphatic heterocycles. The predicted molar refractivity (Wildman–Crippen MR) is 136 cm³/mol. The number of piperidine rings is 1. The molecule has 4 heterocycles. The van der Waals surface area contributed by atoms with Crippen LogP contribution >= 0.6 is 23.3 Å². The second kappa shape index (κ2) is 9.20. The first-order chi connectivity index (χ1) is 17.4. The van der Waals surface area contributed by atoms with Gasteiger partial charge in [0.05, 0.1) is 35.0 Å². The highest BCUT2D eigenvalue weighted by Crippen LogP contribution is 2.49. The fourth-order valence-electron chi connectivity index (χ4n) is 5.43. The van der Waals surface area contributed by atoms with E-state index in [2.05, 4.69) is 24.6 Å². The summed E-state index contributed by atoms with van der Waals surface area (Å²) in [5.74, 6) is -0.0192. The van der Waals surface area contributed by atoms with E-state index in [0.29, 0.717) is 18.7 Å². The highest BCUT2D eigenvalue weighted by molar-refractivity contribution is 7.97. The highest BCUT2D eigenvalue weighted by atomic mass is 32.2. The van der Waals surface area contributed by atoms with E-state index in [-0.39, 0.29) is 23.6 Å². The molecule has 0 amide bonds. The minimum absolute atomic E-state index is 0.102. The van der Waals surface area contributed by atoms with Gasteiger partial charge < -0.3 is 0 Å². The van der Waals surface area contributed by atoms with E-state index in [1.54, 1.807) is 40.6 Å². The lowest BCUT2D eigenvalue weighted by Crippen LogP contribution is -2.55. The Hall–Kier alpha value is -2.89. The Morgan fingerprint density at radius 3 is 2.78 bits per heavy atom. The van der Waals surface area contributed by atoms with E-state index in [1.807, 2.05) is 30.1 Å². The van der Waals surface area contributed by atoms with Crippen molar-refractivity contribution in [1.29, 1.82) is 0 Å². The third-order valence-electron chi connectivity index (χ3n) is 7.23. The second-order valence-corrected chi connectivity index (χ2v) is 11.6. The molecule has 3 aromatic heterocycles. The van der Waals surface area contributed by atoms with Crippen molar-refractivity contribution in [3.05, 3.63) is 70.3 Å². The molecule has 0 spiro atoms. The van der Waals surface area contributed by atoms with Gasteiger partial charge >= 0.3 is 0 Å². The van der Waals surface area contributed by atoms with Crippen LogP contribution in [0.4, 0.5) is 4.39 Å². The molecule has 11 heteroatoms. The molecule has 36 heavy (non-hydrogen) atoms. The third-order valence-corrected chi connectivity index (χ3v) is 8.76. The smallest absolute Gasteiger partial charge is 0.190 e. The molecule has 186 valence electrons. The van der Waals surface area contributed by atoms with Crippen molar-refractivity contribution in [1.82, 2.24) is 34.1 Å². The SMILES string of the molecule is CC(C)n1ncc(SN2CCC3Cc4c(cnn4-c4ccc(F)cc4)C[C@]3(C(=O)c3cscn3)C2)n1. The number of benzene rings is 1. The number of hydrogen-bond donors (Lipinski definition) is 0. The summed E-state index contributed by atoms with van der Waals surface area (Å²) in [4.78, 5) is 20.1. The lowest BCUT2D eigenvalue weighted by molar-refractivity contribution is 0.0412. The number of rotatable bonds is 6. The first kappa shape index (κ1) is 23.5. The zero-order chi connectivity index (χ0) is 24.9. The van der Waals surface area contributed by atoms with Gasteiger partial charge in [-0.2, -0.15) is 15.0 Å². The molecule has 0 radical (unpaired) electrons. The molecule has 0 saturated carbocycles. The Morgan fingerprint density at radius 2 is 2.06 bits per heavy atom. The molecule has 2 aliphatic rings. The van der Waals surface area contributed by atoms with Crippen molar-refractivity contribution in [3.63, 3.8) is 0 Å². The number of Topliss-reactive ketones (excluding diaryl/α,β-unsaturated/α-hetero) is 1. The summed E-state index contributed by atoms with van der Waals surface area (Å²) >= 11 is 3.02. The highest BCUT2D eigenvalue weighted by Gasteiger charge is 2.53. The zero-order valence-electron chi connectivity index (χ0n) is 20.0. The van der Waals surface area contributed by atoms with Crippen molar-refractivity contribution >= 4 is 29.1 Å². The molecule has 1 saturated heterocycles. The van der Waals surface area contributed by atoms with Crippen LogP contribution in [0.3, 0.4) is 0 Å². The van der Waals surface area contributed by atoms with E-state index in [9.17, 15) is 9.18 Å². The van der Waals surface area contributed by atoms with Crippen LogP contribution in [0.2, 0.25) is 0 Å². The van der Waals surface area contributed by atoms with Gasteiger partial charge in [-0.15, -0.1) is 16.4 Å². The molecule has 2 atom stereocenters. The van der Waals surface area contributed by atoms with Gasteiger partial charge in [0.25, 0.3) is 0 Å². The number of fused-ring (bicyclic) bond motifs is 2. The number of nitrogens with zero attached hydrogens (tertiary/aromatic N) is 7. The van der Waals surface area contributed by atoms with Crippen molar-refractivity contribution < 1.29 is 9.18 Å². The largest absolute Gasteiger partial charge is 0.292 e. The molecule has 1 unspecified atom stereocenters. The summed E-state index contributed by atoms with van der Waals surface area (Å²) in [7, 11) is 0. The summed E-state index contributed by atoms with van der Waals surface area (Å²) < 4.78 is 17.7. The second-order valence-electron chi connectivity index (χ2n) is 9.78. The van der Waals surface area contributed by atoms with Gasteiger partial charge in [-0.1, -0.05) is 0 Å². The summed E-state index contributed by atoms with van der Waals surface area (Å²) in [6, 6.07) is 6.58. The van der Waals surface area contributed by atoms with E-state index in [0.717, 1.165) is 41.4 Å². The molecule has 1 aliphatic carbocycles. The summed E-state index contributed by atoms with van der Waals surface area (Å²) in [5.41, 5.74) is 4.66. The van der Waals surface area contributed by atoms with Crippen LogP contribution in [0.1, 0.15) is 48.1 Å². The maximum absolute atomic E-state index is 14.0. The summed E-state index contributed by atoms with van der Waals surface area (Å²) in [6.07, 6.45) is 5.86. The van der Waals surface area contributed by atoms with E-state index in [4.69, 9.17) is 0 Å². The monoisotopic (exact) mass is 523 g/mol. The average Bonchev–Trinajstić information content (AvgIpc) is 3.64. The molecule has 6 rings (SSSR count). The molecule has 0 N–H and O–H groups in total. The Labute approximate surface area is 216 Å². The lowest BCUT2D eigenvalue weighted by Gasteiger charge is -2.48. The normalized spacial score (nSPS) is 21.9. The van der Waals surface area contributed by atoms with Gasteiger partial charge in [0, 0.05) is 24.2 Å². The Bertz CT molecular complexity index is 1380. The van der Waals surface area contributed by atoms with Gasteiger partial charge in [0.1, 0.15) is 11.5 Å². The van der Waals surface area contributed by atoms with E-state index < -0.39 is 5.41 Å². The van der Waals surface area contributed by atoms with Crippen LogP contribution < -0.4 is 0 Å². The molecule has 1 fully saturated rings. The third kappa shape index (κ3) is 4.08. The quantitative estimate of drug-likeness (QED) is 0.269. The summed E-state index contributed by atoms with van der Waals surface area (Å²) in [5, 5.41) is 16.3. The van der Waals surface area contributed by atoms with Crippen LogP contribution in [0.15, 0.2) is 52.6 Å². The van der Waals surface area contributed by atoms with Gasteiger partial charge in [0.2, 0.25) is 0 Å². The molecular weight excluding hydrogens is 497 g/mol. The molecule has 1 aromatic carbocycles. The van der Waals surface area contributed by atoms with Crippen LogP contribution in [-0.2, 0) is 12.8 Å². The van der Waals surface area contributed by atoms with Crippen molar-refractivity contribution in [2.45, 2.75) is 44.2 Å². The number of carbonyl (C=O) groups excluding carboxylic acids is 1. The first-order valence-corrected chi connectivity index (χ1v) is 13.7.